The quantitative estimate of drug-likeness (QED) is 0.206. The zero-order chi connectivity index (χ0) is 24.5. The van der Waals surface area contributed by atoms with Gasteiger partial charge < -0.3 is 18.9 Å². The summed E-state index contributed by atoms with van der Waals surface area (Å²) in [7, 11) is 1.59. The summed E-state index contributed by atoms with van der Waals surface area (Å²) in [5, 5.41) is 0. The van der Waals surface area contributed by atoms with Crippen molar-refractivity contribution in [3.05, 3.63) is 124 Å². The van der Waals surface area contributed by atoms with E-state index in [0.29, 0.717) is 36.0 Å². The molecule has 0 aliphatic carbocycles. The van der Waals surface area contributed by atoms with Gasteiger partial charge in [-0.25, -0.2) is 4.79 Å². The summed E-state index contributed by atoms with van der Waals surface area (Å²) in [4.78, 5) is 12.6. The molecule has 0 amide bonds. The molecule has 0 radical (unpaired) electrons. The van der Waals surface area contributed by atoms with Gasteiger partial charge in [0.1, 0.15) is 25.6 Å². The van der Waals surface area contributed by atoms with Gasteiger partial charge >= 0.3 is 5.97 Å². The third kappa shape index (κ3) is 6.87. The van der Waals surface area contributed by atoms with Crippen molar-refractivity contribution < 1.29 is 23.7 Å². The topological polar surface area (TPSA) is 54.0 Å². The van der Waals surface area contributed by atoms with E-state index >= 15 is 0 Å². The first kappa shape index (κ1) is 24.4. The molecule has 5 nitrogen and oxygen atoms in total. The second-order valence-electron chi connectivity index (χ2n) is 7.74. The van der Waals surface area contributed by atoms with Gasteiger partial charge in [-0.15, -0.1) is 0 Å². The number of benzene rings is 4. The number of carbonyl (C=O) groups is 1. The van der Waals surface area contributed by atoms with Crippen molar-refractivity contribution in [1.29, 1.82) is 0 Å². The molecule has 0 aliphatic rings. The Labute approximate surface area is 213 Å². The molecular weight excluding hydrogens is 508 g/mol. The van der Waals surface area contributed by atoms with Crippen LogP contribution >= 0.6 is 15.9 Å². The zero-order valence-electron chi connectivity index (χ0n) is 19.3. The van der Waals surface area contributed by atoms with Gasteiger partial charge in [0, 0.05) is 10.0 Å². The lowest BCUT2D eigenvalue weighted by atomic mass is 10.2. The molecule has 35 heavy (non-hydrogen) atoms. The average molecular weight is 533 g/mol. The molecule has 0 fully saturated rings. The van der Waals surface area contributed by atoms with E-state index in [4.69, 9.17) is 18.9 Å². The summed E-state index contributed by atoms with van der Waals surface area (Å²) in [6.07, 6.45) is 0. The number of esters is 1. The highest BCUT2D eigenvalue weighted by Gasteiger charge is 2.14. The molecule has 0 aromatic heterocycles. The minimum Gasteiger partial charge on any atom is -0.493 e. The van der Waals surface area contributed by atoms with Gasteiger partial charge in [0.25, 0.3) is 0 Å². The standard InChI is InChI=1S/C29H25BrO5/c1-32-27-17-26(30)24(16-28(27)34-19-22-10-6-3-7-11-22)20-35-29(31)23-12-14-25(15-13-23)33-18-21-8-4-2-5-9-21/h2-17H,18-20H2,1H3. The highest BCUT2D eigenvalue weighted by Crippen LogP contribution is 2.34. The van der Waals surface area contributed by atoms with Gasteiger partial charge in [-0.2, -0.15) is 0 Å². The fourth-order valence-corrected chi connectivity index (χ4v) is 3.79. The molecule has 0 unspecified atom stereocenters. The lowest BCUT2D eigenvalue weighted by Crippen LogP contribution is -2.06. The SMILES string of the molecule is COc1cc(Br)c(COC(=O)c2ccc(OCc3ccccc3)cc2)cc1OCc1ccccc1. The van der Waals surface area contributed by atoms with E-state index < -0.39 is 5.97 Å². The van der Waals surface area contributed by atoms with E-state index in [9.17, 15) is 4.79 Å². The fourth-order valence-electron chi connectivity index (χ4n) is 3.35. The second kappa shape index (κ2) is 12.1. The predicted molar refractivity (Wildman–Crippen MR) is 138 cm³/mol. The van der Waals surface area contributed by atoms with Gasteiger partial charge in [-0.1, -0.05) is 76.6 Å². The van der Waals surface area contributed by atoms with Crippen molar-refractivity contribution in [3.63, 3.8) is 0 Å². The summed E-state index contributed by atoms with van der Waals surface area (Å²) in [6, 6.07) is 30.3. The average Bonchev–Trinajstić information content (AvgIpc) is 2.91. The number of hydrogen-bond donors (Lipinski definition) is 0. The fraction of sp³-hybridized carbons (Fsp3) is 0.138. The monoisotopic (exact) mass is 532 g/mol. The van der Waals surface area contributed by atoms with E-state index in [0.717, 1.165) is 21.2 Å². The van der Waals surface area contributed by atoms with Crippen LogP contribution in [0.25, 0.3) is 0 Å². The Kier molecular flexibility index (Phi) is 8.41. The lowest BCUT2D eigenvalue weighted by molar-refractivity contribution is 0.0471. The molecular formula is C29H25BrO5. The maximum Gasteiger partial charge on any atom is 0.338 e. The lowest BCUT2D eigenvalue weighted by Gasteiger charge is -2.14. The maximum absolute atomic E-state index is 12.6. The Morgan fingerprint density at radius 1 is 0.714 bits per heavy atom. The summed E-state index contributed by atoms with van der Waals surface area (Å²) in [6.45, 7) is 0.943. The number of methoxy groups -OCH3 is 1. The first-order valence-electron chi connectivity index (χ1n) is 11.1. The minimum atomic E-state index is -0.422. The zero-order valence-corrected chi connectivity index (χ0v) is 20.9. The Bertz CT molecular complexity index is 1240. The first-order chi connectivity index (χ1) is 17.1. The van der Waals surface area contributed by atoms with Crippen LogP contribution in [-0.2, 0) is 24.6 Å². The molecule has 0 atom stereocenters. The van der Waals surface area contributed by atoms with E-state index in [-0.39, 0.29) is 6.61 Å². The van der Waals surface area contributed by atoms with Crippen LogP contribution in [0.5, 0.6) is 17.2 Å². The van der Waals surface area contributed by atoms with Crippen molar-refractivity contribution in [2.75, 3.05) is 7.11 Å². The van der Waals surface area contributed by atoms with Gasteiger partial charge in [-0.3, -0.25) is 0 Å². The Morgan fingerprint density at radius 3 is 1.91 bits per heavy atom. The molecule has 0 N–H and O–H groups in total. The molecule has 6 heteroatoms. The van der Waals surface area contributed by atoms with E-state index in [2.05, 4.69) is 15.9 Å². The second-order valence-corrected chi connectivity index (χ2v) is 8.60. The molecule has 4 aromatic carbocycles. The van der Waals surface area contributed by atoms with Crippen LogP contribution in [0.3, 0.4) is 0 Å². The molecule has 0 bridgehead atoms. The number of ether oxygens (including phenoxy) is 4. The Hall–Kier alpha value is -3.77. The molecule has 0 heterocycles. The molecule has 0 spiro atoms. The first-order valence-corrected chi connectivity index (χ1v) is 11.9. The van der Waals surface area contributed by atoms with Crippen LogP contribution in [0, 0.1) is 0 Å². The Balaban J connectivity index is 1.36. The number of carbonyl (C=O) groups excluding carboxylic acids is 1. The molecule has 0 saturated carbocycles. The van der Waals surface area contributed by atoms with Crippen LogP contribution in [0.15, 0.2) is 102 Å². The highest BCUT2D eigenvalue weighted by molar-refractivity contribution is 9.10. The van der Waals surface area contributed by atoms with Gasteiger partial charge in [0.15, 0.2) is 11.5 Å². The van der Waals surface area contributed by atoms with Crippen LogP contribution in [0.4, 0.5) is 0 Å². The minimum absolute atomic E-state index is 0.0807. The third-order valence-electron chi connectivity index (χ3n) is 5.27. The smallest absolute Gasteiger partial charge is 0.338 e. The van der Waals surface area contributed by atoms with Gasteiger partial charge in [0.2, 0.25) is 0 Å². The van der Waals surface area contributed by atoms with Gasteiger partial charge in [0.05, 0.1) is 12.7 Å². The molecule has 178 valence electrons. The predicted octanol–water partition coefficient (Wildman–Crippen LogP) is 6.97. The van der Waals surface area contributed by atoms with Crippen molar-refractivity contribution in [3.8, 4) is 17.2 Å². The largest absolute Gasteiger partial charge is 0.493 e. The van der Waals surface area contributed by atoms with E-state index in [1.165, 1.54) is 0 Å². The summed E-state index contributed by atoms with van der Waals surface area (Å²) >= 11 is 3.53. The van der Waals surface area contributed by atoms with Crippen LogP contribution in [0.2, 0.25) is 0 Å². The summed E-state index contributed by atoms with van der Waals surface area (Å²) in [5.74, 6) is 1.43. The van der Waals surface area contributed by atoms with Crippen molar-refractivity contribution in [2.24, 2.45) is 0 Å². The highest BCUT2D eigenvalue weighted by atomic mass is 79.9. The number of rotatable bonds is 10. The molecule has 0 saturated heterocycles. The molecule has 0 aliphatic heterocycles. The molecule has 4 aromatic rings. The number of halogens is 1. The van der Waals surface area contributed by atoms with E-state index in [1.54, 1.807) is 31.4 Å². The van der Waals surface area contributed by atoms with Gasteiger partial charge in [-0.05, 0) is 47.5 Å². The normalized spacial score (nSPS) is 10.5. The van der Waals surface area contributed by atoms with E-state index in [1.807, 2.05) is 72.8 Å². The number of hydrogen-bond acceptors (Lipinski definition) is 5. The van der Waals surface area contributed by atoms with Crippen molar-refractivity contribution in [1.82, 2.24) is 0 Å². The maximum atomic E-state index is 12.6. The molecule has 4 rings (SSSR count). The summed E-state index contributed by atoms with van der Waals surface area (Å²) in [5.41, 5.74) is 3.34. The van der Waals surface area contributed by atoms with Crippen molar-refractivity contribution >= 4 is 21.9 Å². The van der Waals surface area contributed by atoms with Crippen LogP contribution in [0.1, 0.15) is 27.0 Å². The summed E-state index contributed by atoms with van der Waals surface area (Å²) < 4.78 is 23.5. The Morgan fingerprint density at radius 2 is 1.31 bits per heavy atom. The third-order valence-corrected chi connectivity index (χ3v) is 6.01. The van der Waals surface area contributed by atoms with Crippen molar-refractivity contribution in [2.45, 2.75) is 19.8 Å². The van der Waals surface area contributed by atoms with Crippen LogP contribution < -0.4 is 14.2 Å². The van der Waals surface area contributed by atoms with Crippen LogP contribution in [-0.4, -0.2) is 13.1 Å².